The number of hydrogen-bond acceptors (Lipinski definition) is 10. The molecule has 3 aromatic carbocycles. The van der Waals surface area contributed by atoms with Crippen LogP contribution in [0, 0.1) is 0 Å². The van der Waals surface area contributed by atoms with Gasteiger partial charge in [-0.05, 0) is 80.0 Å². The quantitative estimate of drug-likeness (QED) is 0.0349. The van der Waals surface area contributed by atoms with Gasteiger partial charge in [0.1, 0.15) is 36.3 Å². The Balaban J connectivity index is 1.43. The Morgan fingerprint density at radius 2 is 1.05 bits per heavy atom. The summed E-state index contributed by atoms with van der Waals surface area (Å²) in [6.07, 6.45) is 6.99. The minimum atomic E-state index is -1.28. The standard InChI is InChI=1S/C47H61N11O7S/c1-28(53-44(62)37(19-21-66-2)54-41(59)25-49)43(61)56-39(23-30-26-51-34-16-8-6-14-32(30)34)47(65)57-38(22-29-12-4-3-5-13-29)45(63)58-40(24-31-27-52-35-17-9-7-15-33(31)35)46(64)55-36(42(50)60)18-10-11-20-48/h3-9,12-17,26-28,36-40,51-52H,10-11,18-25,48-49H2,1-2H3,(H2,50,60)(H,53,62)(H,54,59)(H,55,64)(H,56,61)(H,57,65)(H,58,63)/t28-,36-,37-,38-,39+,40+/m0/s1. The Hall–Kier alpha value is -6.70. The summed E-state index contributed by atoms with van der Waals surface area (Å²) < 4.78 is 0. The number of unbranched alkanes of at least 4 members (excludes halogenated alkanes) is 1. The average Bonchev–Trinajstić information content (AvgIpc) is 3.92. The van der Waals surface area contributed by atoms with E-state index >= 15 is 0 Å². The van der Waals surface area contributed by atoms with E-state index in [2.05, 4.69) is 41.9 Å². The summed E-state index contributed by atoms with van der Waals surface area (Å²) in [4.78, 5) is 102. The molecule has 5 rings (SSSR count). The van der Waals surface area contributed by atoms with Crippen LogP contribution in [0.5, 0.6) is 0 Å². The van der Waals surface area contributed by atoms with E-state index in [1.54, 1.807) is 36.7 Å². The number of benzene rings is 3. The van der Waals surface area contributed by atoms with Crippen LogP contribution in [0.4, 0.5) is 0 Å². The predicted molar refractivity (Wildman–Crippen MR) is 256 cm³/mol. The van der Waals surface area contributed by atoms with Crippen molar-refractivity contribution in [1.29, 1.82) is 0 Å². The van der Waals surface area contributed by atoms with Gasteiger partial charge in [0.15, 0.2) is 0 Å². The van der Waals surface area contributed by atoms with Gasteiger partial charge in [0, 0.05) is 53.5 Å². The summed E-state index contributed by atoms with van der Waals surface area (Å²) in [5.74, 6) is -4.11. The van der Waals surface area contributed by atoms with Gasteiger partial charge in [-0.3, -0.25) is 33.6 Å². The highest BCUT2D eigenvalue weighted by Gasteiger charge is 2.33. The Kier molecular flexibility index (Phi) is 19.1. The van der Waals surface area contributed by atoms with E-state index in [1.165, 1.54) is 18.7 Å². The number of carbonyl (C=O) groups excluding carboxylic acids is 7. The van der Waals surface area contributed by atoms with Gasteiger partial charge in [-0.1, -0.05) is 66.7 Å². The smallest absolute Gasteiger partial charge is 0.243 e. The molecule has 19 heteroatoms. The van der Waals surface area contributed by atoms with Crippen molar-refractivity contribution >= 4 is 74.9 Å². The third-order valence-electron chi connectivity index (χ3n) is 11.2. The van der Waals surface area contributed by atoms with Gasteiger partial charge in [0.25, 0.3) is 0 Å². The lowest BCUT2D eigenvalue weighted by Gasteiger charge is -2.27. The number of fused-ring (bicyclic) bond motifs is 2. The summed E-state index contributed by atoms with van der Waals surface area (Å²) in [6.45, 7) is 1.52. The number of thioether (sulfide) groups is 1. The zero-order chi connectivity index (χ0) is 47.6. The minimum Gasteiger partial charge on any atom is -0.368 e. The maximum Gasteiger partial charge on any atom is 0.243 e. The van der Waals surface area contributed by atoms with Gasteiger partial charge in [0.2, 0.25) is 41.4 Å². The van der Waals surface area contributed by atoms with Crippen LogP contribution in [-0.2, 0) is 52.8 Å². The predicted octanol–water partition coefficient (Wildman–Crippen LogP) is 0.932. The number of rotatable bonds is 26. The molecule has 0 unspecified atom stereocenters. The first-order chi connectivity index (χ1) is 31.8. The third-order valence-corrected chi connectivity index (χ3v) is 11.8. The van der Waals surface area contributed by atoms with Crippen molar-refractivity contribution in [2.45, 2.75) is 88.1 Å². The first kappa shape index (κ1) is 50.3. The van der Waals surface area contributed by atoms with E-state index in [1.807, 2.05) is 60.9 Å². The molecular formula is C47H61N11O7S. The minimum absolute atomic E-state index is 0.00496. The number of nitrogens with one attached hydrogen (secondary N) is 8. The van der Waals surface area contributed by atoms with E-state index in [-0.39, 0.29) is 38.6 Å². The van der Waals surface area contributed by atoms with Crippen LogP contribution in [0.2, 0.25) is 0 Å². The highest BCUT2D eigenvalue weighted by molar-refractivity contribution is 7.98. The molecule has 0 radical (unpaired) electrons. The Labute approximate surface area is 387 Å². The fourth-order valence-corrected chi connectivity index (χ4v) is 8.02. The zero-order valence-electron chi connectivity index (χ0n) is 37.2. The monoisotopic (exact) mass is 923 g/mol. The van der Waals surface area contributed by atoms with Crippen LogP contribution in [0.25, 0.3) is 21.8 Å². The van der Waals surface area contributed by atoms with Crippen molar-refractivity contribution in [1.82, 2.24) is 41.9 Å². The van der Waals surface area contributed by atoms with Crippen molar-refractivity contribution < 1.29 is 33.6 Å². The van der Waals surface area contributed by atoms with Crippen LogP contribution < -0.4 is 49.1 Å². The number of aromatic nitrogens is 2. The van der Waals surface area contributed by atoms with Crippen molar-refractivity contribution in [2.24, 2.45) is 17.2 Å². The van der Waals surface area contributed by atoms with Gasteiger partial charge >= 0.3 is 0 Å². The summed E-state index contributed by atoms with van der Waals surface area (Å²) >= 11 is 1.48. The summed E-state index contributed by atoms with van der Waals surface area (Å²) in [5, 5.41) is 18.1. The van der Waals surface area contributed by atoms with Gasteiger partial charge < -0.3 is 59.1 Å². The number of nitrogens with two attached hydrogens (primary N) is 3. The molecule has 0 saturated heterocycles. The lowest BCUT2D eigenvalue weighted by Crippen LogP contribution is -2.60. The normalized spacial score (nSPS) is 13.9. The molecule has 352 valence electrons. The third kappa shape index (κ3) is 14.4. The molecule has 0 saturated carbocycles. The number of para-hydroxylation sites is 2. The molecular weight excluding hydrogens is 863 g/mol. The maximum atomic E-state index is 14.6. The summed E-state index contributed by atoms with van der Waals surface area (Å²) in [5.41, 5.74) is 20.6. The highest BCUT2D eigenvalue weighted by Crippen LogP contribution is 2.21. The topological polar surface area (TPSA) is 301 Å². The number of amides is 7. The van der Waals surface area contributed by atoms with Crippen molar-refractivity contribution in [3.8, 4) is 0 Å². The number of hydrogen-bond donors (Lipinski definition) is 11. The van der Waals surface area contributed by atoms with Gasteiger partial charge in [0.05, 0.1) is 6.54 Å². The maximum absolute atomic E-state index is 14.6. The Morgan fingerprint density at radius 1 is 0.561 bits per heavy atom. The zero-order valence-corrected chi connectivity index (χ0v) is 38.0. The van der Waals surface area contributed by atoms with Crippen molar-refractivity contribution in [3.05, 3.63) is 108 Å². The SMILES string of the molecule is CSCC[C@H](NC(=O)CN)C(=O)N[C@@H](C)C(=O)N[C@H](Cc1c[nH]c2ccccc12)C(=O)N[C@@H](Cc1ccccc1)C(=O)N[C@H](Cc1c[nH]c2ccccc12)C(=O)N[C@@H](CCCCN)C(N)=O. The Morgan fingerprint density at radius 3 is 1.56 bits per heavy atom. The van der Waals surface area contributed by atoms with E-state index in [4.69, 9.17) is 17.2 Å². The first-order valence-electron chi connectivity index (χ1n) is 21.9. The van der Waals surface area contributed by atoms with Crippen LogP contribution in [0.1, 0.15) is 49.3 Å². The van der Waals surface area contributed by atoms with Crippen LogP contribution in [-0.4, -0.2) is 113 Å². The molecule has 0 fully saturated rings. The molecule has 5 aromatic rings. The molecule has 6 atom stereocenters. The molecule has 7 amide bonds. The van der Waals surface area contributed by atoms with E-state index in [9.17, 15) is 33.6 Å². The number of primary amides is 1. The Bertz CT molecular complexity index is 2440. The van der Waals surface area contributed by atoms with Gasteiger partial charge in [-0.15, -0.1) is 0 Å². The lowest BCUT2D eigenvalue weighted by molar-refractivity contribution is -0.135. The van der Waals surface area contributed by atoms with Crippen molar-refractivity contribution in [3.63, 3.8) is 0 Å². The molecule has 0 aliphatic heterocycles. The van der Waals surface area contributed by atoms with Gasteiger partial charge in [-0.2, -0.15) is 11.8 Å². The number of H-pyrrole nitrogens is 2. The fourth-order valence-electron chi connectivity index (χ4n) is 7.55. The molecule has 2 aromatic heterocycles. The summed E-state index contributed by atoms with van der Waals surface area (Å²) in [7, 11) is 0. The molecule has 14 N–H and O–H groups in total. The van der Waals surface area contributed by atoms with Gasteiger partial charge in [-0.25, -0.2) is 0 Å². The fraction of sp³-hybridized carbons (Fsp3) is 0.383. The molecule has 0 aliphatic rings. The second kappa shape index (κ2) is 25.1. The second-order valence-electron chi connectivity index (χ2n) is 16.1. The molecule has 2 heterocycles. The molecule has 18 nitrogen and oxygen atoms in total. The average molecular weight is 924 g/mol. The van der Waals surface area contributed by atoms with E-state index < -0.39 is 77.6 Å². The molecule has 0 aliphatic carbocycles. The number of carbonyl (C=O) groups is 7. The lowest BCUT2D eigenvalue weighted by atomic mass is 10.00. The second-order valence-corrected chi connectivity index (χ2v) is 17.1. The van der Waals surface area contributed by atoms with E-state index in [0.29, 0.717) is 41.8 Å². The first-order valence-corrected chi connectivity index (χ1v) is 23.3. The summed E-state index contributed by atoms with van der Waals surface area (Å²) in [6, 6.07) is 17.0. The largest absolute Gasteiger partial charge is 0.368 e. The molecule has 0 spiro atoms. The number of aromatic amines is 2. The van der Waals surface area contributed by atoms with Crippen LogP contribution in [0.3, 0.4) is 0 Å². The molecule has 66 heavy (non-hydrogen) atoms. The van der Waals surface area contributed by atoms with Crippen LogP contribution >= 0.6 is 11.8 Å². The van der Waals surface area contributed by atoms with Crippen molar-refractivity contribution in [2.75, 3.05) is 25.1 Å². The molecule has 0 bridgehead atoms. The van der Waals surface area contributed by atoms with E-state index in [0.717, 1.165) is 21.8 Å². The van der Waals surface area contributed by atoms with Crippen LogP contribution in [0.15, 0.2) is 91.3 Å². The highest BCUT2D eigenvalue weighted by atomic mass is 32.2.